The van der Waals surface area contributed by atoms with E-state index in [9.17, 15) is 14.4 Å². The van der Waals surface area contributed by atoms with Gasteiger partial charge in [0.05, 0.1) is 11.7 Å². The van der Waals surface area contributed by atoms with Gasteiger partial charge in [0.25, 0.3) is 5.56 Å². The minimum absolute atomic E-state index is 0.287. The minimum atomic E-state index is -0.601. The summed E-state index contributed by atoms with van der Waals surface area (Å²) in [5.74, 6) is -0.589. The molecule has 0 saturated heterocycles. The van der Waals surface area contributed by atoms with Crippen molar-refractivity contribution in [1.29, 1.82) is 0 Å². The Balaban J connectivity index is 1.63. The summed E-state index contributed by atoms with van der Waals surface area (Å²) in [5.41, 5.74) is 0.681. The van der Waals surface area contributed by atoms with Crippen LogP contribution in [-0.2, 0) is 16.1 Å². The molecule has 29 heavy (non-hydrogen) atoms. The minimum Gasteiger partial charge on any atom is -0.382 e. The van der Waals surface area contributed by atoms with Crippen molar-refractivity contribution in [2.45, 2.75) is 19.9 Å². The van der Waals surface area contributed by atoms with E-state index in [0.29, 0.717) is 36.4 Å². The SMILES string of the molecule is CCOCCCNC(=O)NC(=O)Cn1cnc2sc(-c3ccccc3)cc2c1=O. The molecule has 0 saturated carbocycles. The summed E-state index contributed by atoms with van der Waals surface area (Å²) in [5, 5.41) is 5.23. The zero-order valence-corrected chi connectivity index (χ0v) is 16.8. The van der Waals surface area contributed by atoms with Crippen LogP contribution in [0.1, 0.15) is 13.3 Å². The standard InChI is InChI=1S/C20H22N4O4S/c1-2-28-10-6-9-21-20(27)23-17(25)12-24-13-22-18-15(19(24)26)11-16(29-18)14-7-4-3-5-8-14/h3-5,7-8,11,13H,2,6,9-10,12H2,1H3,(H2,21,23,25,27). The van der Waals surface area contributed by atoms with Gasteiger partial charge >= 0.3 is 6.03 Å². The van der Waals surface area contributed by atoms with Gasteiger partial charge in [-0.2, -0.15) is 0 Å². The predicted molar refractivity (Wildman–Crippen MR) is 112 cm³/mol. The second-order valence-corrected chi connectivity index (χ2v) is 7.26. The number of fused-ring (bicyclic) bond motifs is 1. The first-order valence-electron chi connectivity index (χ1n) is 9.28. The first kappa shape index (κ1) is 20.7. The van der Waals surface area contributed by atoms with Gasteiger partial charge in [-0.05, 0) is 25.0 Å². The molecule has 3 amide bonds. The van der Waals surface area contributed by atoms with Crippen molar-refractivity contribution >= 4 is 33.5 Å². The smallest absolute Gasteiger partial charge is 0.321 e. The van der Waals surface area contributed by atoms with Crippen molar-refractivity contribution in [2.24, 2.45) is 0 Å². The number of rotatable bonds is 8. The third-order valence-electron chi connectivity index (χ3n) is 4.10. The fourth-order valence-electron chi connectivity index (χ4n) is 2.70. The number of nitrogens with zero attached hydrogens (tertiary/aromatic N) is 2. The molecular weight excluding hydrogens is 392 g/mol. The predicted octanol–water partition coefficient (Wildman–Crippen LogP) is 2.38. The van der Waals surface area contributed by atoms with Gasteiger partial charge in [-0.15, -0.1) is 11.3 Å². The number of ether oxygens (including phenoxy) is 1. The summed E-state index contributed by atoms with van der Waals surface area (Å²) in [4.78, 5) is 42.4. The molecule has 2 aromatic heterocycles. The van der Waals surface area contributed by atoms with Gasteiger partial charge < -0.3 is 10.1 Å². The molecule has 0 aliphatic rings. The van der Waals surface area contributed by atoms with Crippen molar-refractivity contribution in [2.75, 3.05) is 19.8 Å². The molecule has 0 aliphatic carbocycles. The van der Waals surface area contributed by atoms with Crippen LogP contribution in [0.2, 0.25) is 0 Å². The number of hydrogen-bond acceptors (Lipinski definition) is 6. The Morgan fingerprint density at radius 3 is 2.79 bits per heavy atom. The average Bonchev–Trinajstić information content (AvgIpc) is 3.16. The van der Waals surface area contributed by atoms with Crippen LogP contribution in [0.4, 0.5) is 4.79 Å². The first-order chi connectivity index (χ1) is 14.1. The second kappa shape index (κ2) is 9.94. The maximum absolute atomic E-state index is 12.7. The van der Waals surface area contributed by atoms with Gasteiger partial charge in [0.2, 0.25) is 5.91 Å². The molecule has 0 atom stereocenters. The summed E-state index contributed by atoms with van der Waals surface area (Å²) in [7, 11) is 0. The van der Waals surface area contributed by atoms with Crippen molar-refractivity contribution in [3.63, 3.8) is 0 Å². The van der Waals surface area contributed by atoms with Crippen molar-refractivity contribution in [3.8, 4) is 10.4 Å². The van der Waals surface area contributed by atoms with Crippen molar-refractivity contribution in [1.82, 2.24) is 20.2 Å². The monoisotopic (exact) mass is 414 g/mol. The summed E-state index contributed by atoms with van der Waals surface area (Å²) >= 11 is 1.42. The molecule has 0 fully saturated rings. The van der Waals surface area contributed by atoms with Gasteiger partial charge in [0.1, 0.15) is 11.4 Å². The molecule has 0 spiro atoms. The maximum atomic E-state index is 12.7. The Morgan fingerprint density at radius 2 is 2.03 bits per heavy atom. The summed E-state index contributed by atoms with van der Waals surface area (Å²) in [6.07, 6.45) is 1.98. The molecule has 8 nitrogen and oxygen atoms in total. The summed E-state index contributed by atoms with van der Waals surface area (Å²) < 4.78 is 6.37. The molecule has 0 unspecified atom stereocenters. The van der Waals surface area contributed by atoms with Gasteiger partial charge in [-0.25, -0.2) is 9.78 Å². The Kier molecular flexibility index (Phi) is 7.09. The Labute approximate surface area is 171 Å². The summed E-state index contributed by atoms with van der Waals surface area (Å²) in [6.45, 7) is 3.16. The Morgan fingerprint density at radius 1 is 1.24 bits per heavy atom. The lowest BCUT2D eigenvalue weighted by Gasteiger charge is -2.08. The topological polar surface area (TPSA) is 102 Å². The highest BCUT2D eigenvalue weighted by Gasteiger charge is 2.13. The molecule has 2 N–H and O–H groups in total. The van der Waals surface area contributed by atoms with Crippen LogP contribution in [0.3, 0.4) is 0 Å². The molecule has 9 heteroatoms. The largest absolute Gasteiger partial charge is 0.382 e. The molecular formula is C20H22N4O4S. The molecule has 3 aromatic rings. The third-order valence-corrected chi connectivity index (χ3v) is 5.19. The van der Waals surface area contributed by atoms with Gasteiger partial charge in [-0.3, -0.25) is 19.5 Å². The molecule has 1 aromatic carbocycles. The lowest BCUT2D eigenvalue weighted by Crippen LogP contribution is -2.42. The molecule has 152 valence electrons. The van der Waals surface area contributed by atoms with Crippen LogP contribution in [0, 0.1) is 0 Å². The Bertz CT molecular complexity index is 1050. The number of thiophene rings is 1. The fraction of sp³-hybridized carbons (Fsp3) is 0.300. The van der Waals surface area contributed by atoms with E-state index in [2.05, 4.69) is 15.6 Å². The average molecular weight is 414 g/mol. The number of aromatic nitrogens is 2. The van der Waals surface area contributed by atoms with E-state index < -0.39 is 11.9 Å². The van der Waals surface area contributed by atoms with E-state index >= 15 is 0 Å². The molecule has 2 heterocycles. The van der Waals surface area contributed by atoms with E-state index in [0.717, 1.165) is 10.4 Å². The van der Waals surface area contributed by atoms with E-state index in [-0.39, 0.29) is 12.1 Å². The number of carbonyl (C=O) groups is 2. The van der Waals surface area contributed by atoms with Crippen LogP contribution in [-0.4, -0.2) is 41.2 Å². The van der Waals surface area contributed by atoms with Crippen molar-refractivity contribution in [3.05, 3.63) is 53.1 Å². The van der Waals surface area contributed by atoms with E-state index in [1.165, 1.54) is 22.2 Å². The quantitative estimate of drug-likeness (QED) is 0.551. The number of urea groups is 1. The number of imide groups is 1. The van der Waals surface area contributed by atoms with Gasteiger partial charge in [-0.1, -0.05) is 30.3 Å². The van der Waals surface area contributed by atoms with Crippen LogP contribution in [0.25, 0.3) is 20.7 Å². The third kappa shape index (κ3) is 5.49. The highest BCUT2D eigenvalue weighted by atomic mass is 32.1. The van der Waals surface area contributed by atoms with E-state index in [1.54, 1.807) is 6.07 Å². The zero-order chi connectivity index (χ0) is 20.6. The maximum Gasteiger partial charge on any atom is 0.321 e. The second-order valence-electron chi connectivity index (χ2n) is 6.23. The molecule has 0 radical (unpaired) electrons. The summed E-state index contributed by atoms with van der Waals surface area (Å²) in [6, 6.07) is 10.9. The number of benzene rings is 1. The number of hydrogen-bond donors (Lipinski definition) is 2. The number of amides is 3. The molecule has 0 bridgehead atoms. The Hall–Kier alpha value is -3.04. The highest BCUT2D eigenvalue weighted by molar-refractivity contribution is 7.21. The fourth-order valence-corrected chi connectivity index (χ4v) is 3.70. The number of nitrogens with one attached hydrogen (secondary N) is 2. The van der Waals surface area contributed by atoms with Crippen LogP contribution in [0.15, 0.2) is 47.5 Å². The zero-order valence-electron chi connectivity index (χ0n) is 16.0. The van der Waals surface area contributed by atoms with E-state index in [1.807, 2.05) is 37.3 Å². The van der Waals surface area contributed by atoms with Crippen LogP contribution < -0.4 is 16.2 Å². The molecule has 0 aliphatic heterocycles. The van der Waals surface area contributed by atoms with Gasteiger partial charge in [0.15, 0.2) is 0 Å². The lowest BCUT2D eigenvalue weighted by atomic mass is 10.2. The highest BCUT2D eigenvalue weighted by Crippen LogP contribution is 2.30. The van der Waals surface area contributed by atoms with E-state index in [4.69, 9.17) is 4.74 Å². The lowest BCUT2D eigenvalue weighted by molar-refractivity contribution is -0.120. The van der Waals surface area contributed by atoms with Crippen LogP contribution >= 0.6 is 11.3 Å². The van der Waals surface area contributed by atoms with Crippen LogP contribution in [0.5, 0.6) is 0 Å². The number of carbonyl (C=O) groups excluding carboxylic acids is 2. The normalized spacial score (nSPS) is 10.8. The first-order valence-corrected chi connectivity index (χ1v) is 10.1. The van der Waals surface area contributed by atoms with Gasteiger partial charge in [0, 0.05) is 24.6 Å². The molecule has 3 rings (SSSR count). The van der Waals surface area contributed by atoms with Crippen molar-refractivity contribution < 1.29 is 14.3 Å².